The minimum Gasteiger partial charge on any atom is -0.374 e. The Kier molecular flexibility index (Phi) is 6.23. The standard InChI is InChI=1S/C23H16F10N2O2/c24-19(11-35(12-19)18(36)10-21(25,26)27)14-6-4-13(5-7-14)17-9-20(37-34-17,23(31,32)33)15-2-1-3-16(8-15)22(28,29)30/h1-8H,9-12H2. The van der Waals surface area contributed by atoms with E-state index in [1.54, 1.807) is 0 Å². The molecule has 2 aliphatic heterocycles. The quantitative estimate of drug-likeness (QED) is 0.429. The number of halogens is 10. The van der Waals surface area contributed by atoms with Gasteiger partial charge in [-0.05, 0) is 23.3 Å². The molecule has 14 heteroatoms. The zero-order valence-electron chi connectivity index (χ0n) is 18.4. The van der Waals surface area contributed by atoms with E-state index < -0.39 is 72.8 Å². The first-order chi connectivity index (χ1) is 16.9. The van der Waals surface area contributed by atoms with Crippen molar-refractivity contribution in [3.63, 3.8) is 0 Å². The zero-order chi connectivity index (χ0) is 27.4. The SMILES string of the molecule is O=C(CC(F)(F)F)N1CC(F)(c2ccc(C3=NOC(c4cccc(C(F)(F)F)c4)(C(F)(F)F)C3)cc2)C1. The maximum atomic E-state index is 15.1. The van der Waals surface area contributed by atoms with Crippen molar-refractivity contribution in [2.45, 2.75) is 42.6 Å². The number of alkyl halides is 10. The first-order valence-corrected chi connectivity index (χ1v) is 10.6. The highest BCUT2D eigenvalue weighted by atomic mass is 19.4. The molecule has 2 aliphatic rings. The van der Waals surface area contributed by atoms with Crippen LogP contribution in [0.15, 0.2) is 53.7 Å². The minimum atomic E-state index is -5.15. The van der Waals surface area contributed by atoms with E-state index in [-0.39, 0.29) is 16.8 Å². The third-order valence-electron chi connectivity index (χ3n) is 6.17. The summed E-state index contributed by atoms with van der Waals surface area (Å²) in [6.07, 6.45) is -17.5. The lowest BCUT2D eigenvalue weighted by Gasteiger charge is -2.44. The highest BCUT2D eigenvalue weighted by Crippen LogP contribution is 2.49. The lowest BCUT2D eigenvalue weighted by Crippen LogP contribution is -2.59. The molecule has 0 bridgehead atoms. The van der Waals surface area contributed by atoms with Crippen LogP contribution in [0.25, 0.3) is 0 Å². The molecule has 200 valence electrons. The maximum Gasteiger partial charge on any atom is 0.435 e. The minimum absolute atomic E-state index is 0.0215. The van der Waals surface area contributed by atoms with Crippen molar-refractivity contribution < 1.29 is 53.5 Å². The highest BCUT2D eigenvalue weighted by molar-refractivity contribution is 6.01. The summed E-state index contributed by atoms with van der Waals surface area (Å²) in [4.78, 5) is 17.0. The Hall–Kier alpha value is -3.32. The Balaban J connectivity index is 1.51. The first-order valence-electron chi connectivity index (χ1n) is 10.6. The Bertz CT molecular complexity index is 1210. The molecule has 0 aliphatic carbocycles. The van der Waals surface area contributed by atoms with Gasteiger partial charge >= 0.3 is 18.5 Å². The van der Waals surface area contributed by atoms with Crippen LogP contribution in [0.4, 0.5) is 43.9 Å². The van der Waals surface area contributed by atoms with Crippen molar-refractivity contribution in [3.05, 3.63) is 70.8 Å². The molecule has 0 radical (unpaired) electrons. The van der Waals surface area contributed by atoms with Crippen molar-refractivity contribution >= 4 is 11.6 Å². The van der Waals surface area contributed by atoms with Gasteiger partial charge in [-0.25, -0.2) is 4.39 Å². The molecule has 4 nitrogen and oxygen atoms in total. The molecule has 4 rings (SSSR count). The molecule has 1 amide bonds. The van der Waals surface area contributed by atoms with Gasteiger partial charge < -0.3 is 9.74 Å². The van der Waals surface area contributed by atoms with Crippen LogP contribution in [-0.2, 0) is 27.1 Å². The maximum absolute atomic E-state index is 15.1. The van der Waals surface area contributed by atoms with Gasteiger partial charge in [-0.1, -0.05) is 41.6 Å². The van der Waals surface area contributed by atoms with Gasteiger partial charge in [0, 0.05) is 12.0 Å². The molecule has 0 N–H and O–H groups in total. The van der Waals surface area contributed by atoms with E-state index in [1.807, 2.05) is 0 Å². The van der Waals surface area contributed by atoms with Crippen LogP contribution in [0.3, 0.4) is 0 Å². The average molecular weight is 542 g/mol. The van der Waals surface area contributed by atoms with Crippen LogP contribution in [0, 0.1) is 0 Å². The van der Waals surface area contributed by atoms with Crippen LogP contribution in [0.1, 0.15) is 35.1 Å². The average Bonchev–Trinajstić information content (AvgIpc) is 3.22. The number of carbonyl (C=O) groups is 1. The lowest BCUT2D eigenvalue weighted by molar-refractivity contribution is -0.276. The normalized spacial score (nSPS) is 21.8. The van der Waals surface area contributed by atoms with Crippen LogP contribution in [-0.4, -0.2) is 42.0 Å². The summed E-state index contributed by atoms with van der Waals surface area (Å²) < 4.78 is 134. The van der Waals surface area contributed by atoms with Gasteiger partial charge in [0.1, 0.15) is 6.42 Å². The summed E-state index contributed by atoms with van der Waals surface area (Å²) in [5.41, 5.74) is -7.65. The second-order valence-corrected chi connectivity index (χ2v) is 8.79. The van der Waals surface area contributed by atoms with Crippen LogP contribution >= 0.6 is 0 Å². The molecule has 1 saturated heterocycles. The number of carbonyl (C=O) groups excluding carboxylic acids is 1. The molecule has 2 aromatic rings. The number of oxime groups is 1. The predicted molar refractivity (Wildman–Crippen MR) is 108 cm³/mol. The molecule has 0 saturated carbocycles. The molecular formula is C23H16F10N2O2. The molecule has 0 spiro atoms. The molecule has 2 heterocycles. The number of amides is 1. The monoisotopic (exact) mass is 542 g/mol. The molecule has 1 fully saturated rings. The Morgan fingerprint density at radius 1 is 0.919 bits per heavy atom. The van der Waals surface area contributed by atoms with Crippen LogP contribution in [0.5, 0.6) is 0 Å². The van der Waals surface area contributed by atoms with E-state index in [4.69, 9.17) is 4.84 Å². The van der Waals surface area contributed by atoms with E-state index in [0.717, 1.165) is 12.1 Å². The highest BCUT2D eigenvalue weighted by Gasteiger charge is 2.62. The second-order valence-electron chi connectivity index (χ2n) is 8.79. The fraction of sp³-hybridized carbons (Fsp3) is 0.391. The fourth-order valence-electron chi connectivity index (χ4n) is 4.17. The van der Waals surface area contributed by atoms with Crippen molar-refractivity contribution in [2.75, 3.05) is 13.1 Å². The zero-order valence-corrected chi connectivity index (χ0v) is 18.4. The van der Waals surface area contributed by atoms with Crippen molar-refractivity contribution in [1.82, 2.24) is 4.90 Å². The van der Waals surface area contributed by atoms with Crippen molar-refractivity contribution in [3.8, 4) is 0 Å². The predicted octanol–water partition coefficient (Wildman–Crippen LogP) is 6.25. The number of hydrogen-bond donors (Lipinski definition) is 0. The summed E-state index contributed by atoms with van der Waals surface area (Å²) in [5, 5.41) is 3.45. The summed E-state index contributed by atoms with van der Waals surface area (Å²) in [5.74, 6) is -1.28. The third-order valence-corrected chi connectivity index (χ3v) is 6.17. The van der Waals surface area contributed by atoms with Crippen molar-refractivity contribution in [2.24, 2.45) is 5.16 Å². The molecule has 1 unspecified atom stereocenters. The molecule has 37 heavy (non-hydrogen) atoms. The Morgan fingerprint density at radius 2 is 1.54 bits per heavy atom. The summed E-state index contributed by atoms with van der Waals surface area (Å²) in [6, 6.07) is 7.40. The van der Waals surface area contributed by atoms with Gasteiger partial charge in [-0.15, -0.1) is 0 Å². The summed E-state index contributed by atoms with van der Waals surface area (Å²) in [7, 11) is 0. The molecule has 2 aromatic carbocycles. The number of rotatable bonds is 4. The largest absolute Gasteiger partial charge is 0.435 e. The van der Waals surface area contributed by atoms with Crippen LogP contribution < -0.4 is 0 Å². The van der Waals surface area contributed by atoms with Gasteiger partial charge in [-0.3, -0.25) is 4.79 Å². The van der Waals surface area contributed by atoms with Gasteiger partial charge in [0.15, 0.2) is 5.67 Å². The number of hydrogen-bond acceptors (Lipinski definition) is 3. The fourth-order valence-corrected chi connectivity index (χ4v) is 4.17. The Morgan fingerprint density at radius 3 is 2.08 bits per heavy atom. The van der Waals surface area contributed by atoms with E-state index in [2.05, 4.69) is 5.16 Å². The second kappa shape index (κ2) is 8.62. The molecular weight excluding hydrogens is 526 g/mol. The first kappa shape index (κ1) is 26.7. The van der Waals surface area contributed by atoms with E-state index in [9.17, 15) is 44.3 Å². The van der Waals surface area contributed by atoms with Crippen LogP contribution in [0.2, 0.25) is 0 Å². The van der Waals surface area contributed by atoms with Gasteiger partial charge in [-0.2, -0.15) is 39.5 Å². The van der Waals surface area contributed by atoms with Gasteiger partial charge in [0.2, 0.25) is 5.91 Å². The topological polar surface area (TPSA) is 41.9 Å². The Labute approximate surface area is 202 Å². The summed E-state index contributed by atoms with van der Waals surface area (Å²) >= 11 is 0. The van der Waals surface area contributed by atoms with E-state index >= 15 is 4.39 Å². The smallest absolute Gasteiger partial charge is 0.374 e. The van der Waals surface area contributed by atoms with Gasteiger partial charge in [0.05, 0.1) is 24.4 Å². The number of likely N-dealkylation sites (tertiary alicyclic amines) is 1. The third kappa shape index (κ3) is 5.10. The van der Waals surface area contributed by atoms with Crippen molar-refractivity contribution in [1.29, 1.82) is 0 Å². The molecule has 1 atom stereocenters. The number of benzene rings is 2. The summed E-state index contributed by atoms with van der Waals surface area (Å²) in [6.45, 7) is -1.25. The van der Waals surface area contributed by atoms with Gasteiger partial charge in [0.25, 0.3) is 5.60 Å². The number of nitrogens with zero attached hydrogens (tertiary/aromatic N) is 2. The lowest BCUT2D eigenvalue weighted by atomic mass is 9.84. The molecule has 0 aromatic heterocycles. The van der Waals surface area contributed by atoms with E-state index in [0.29, 0.717) is 17.0 Å². The van der Waals surface area contributed by atoms with E-state index in [1.165, 1.54) is 24.3 Å².